The van der Waals surface area contributed by atoms with Gasteiger partial charge in [0.2, 0.25) is 5.54 Å². The van der Waals surface area contributed by atoms with E-state index in [2.05, 4.69) is 4.99 Å². The van der Waals surface area contributed by atoms with Crippen molar-refractivity contribution in [2.24, 2.45) is 4.99 Å². The van der Waals surface area contributed by atoms with Crippen LogP contribution in [0.15, 0.2) is 71.5 Å². The van der Waals surface area contributed by atoms with Crippen LogP contribution in [0.5, 0.6) is 0 Å². The number of benzene rings is 1. The second kappa shape index (κ2) is 6.23. The Morgan fingerprint density at radius 2 is 1.96 bits per heavy atom. The average Bonchev–Trinajstić information content (AvgIpc) is 2.60. The standard InChI is InChI=1S/C18H15F3N2O2/c1-2-25-16(24)14-12-17(18(19,20)21,13-8-4-3-5-9-13)22-15-10-6-7-11-23(14)15/h3-12H,2H2,1H3. The molecule has 0 bridgehead atoms. The van der Waals surface area contributed by atoms with E-state index in [4.69, 9.17) is 4.74 Å². The molecule has 2 aliphatic rings. The van der Waals surface area contributed by atoms with E-state index in [-0.39, 0.29) is 23.7 Å². The Kier molecular flexibility index (Phi) is 4.24. The lowest BCUT2D eigenvalue weighted by Gasteiger charge is -2.38. The van der Waals surface area contributed by atoms with Gasteiger partial charge in [-0.15, -0.1) is 0 Å². The molecule has 25 heavy (non-hydrogen) atoms. The quantitative estimate of drug-likeness (QED) is 0.783. The molecule has 1 aromatic carbocycles. The largest absolute Gasteiger partial charge is 0.461 e. The number of hydrogen-bond donors (Lipinski definition) is 0. The van der Waals surface area contributed by atoms with Crippen molar-refractivity contribution in [3.05, 3.63) is 72.1 Å². The molecule has 0 saturated heterocycles. The van der Waals surface area contributed by atoms with Gasteiger partial charge in [0.1, 0.15) is 11.5 Å². The third kappa shape index (κ3) is 2.86. The number of alkyl halides is 3. The molecule has 2 aliphatic heterocycles. The molecule has 0 saturated carbocycles. The normalized spacial score (nSPS) is 22.2. The molecule has 0 aromatic heterocycles. The third-order valence-corrected chi connectivity index (χ3v) is 3.87. The van der Waals surface area contributed by atoms with E-state index in [1.165, 1.54) is 41.4 Å². The highest BCUT2D eigenvalue weighted by molar-refractivity contribution is 6.03. The molecule has 130 valence electrons. The zero-order chi connectivity index (χ0) is 18.1. The summed E-state index contributed by atoms with van der Waals surface area (Å²) in [6.07, 6.45) is 2.17. The molecule has 0 amide bonds. The molecule has 0 fully saturated rings. The predicted molar refractivity (Wildman–Crippen MR) is 86.4 cm³/mol. The van der Waals surface area contributed by atoms with Crippen LogP contribution >= 0.6 is 0 Å². The van der Waals surface area contributed by atoms with Crippen molar-refractivity contribution in [2.75, 3.05) is 6.61 Å². The number of carbonyl (C=O) groups excluding carboxylic acids is 1. The molecule has 0 radical (unpaired) electrons. The van der Waals surface area contributed by atoms with Gasteiger partial charge in [0.05, 0.1) is 6.61 Å². The zero-order valence-corrected chi connectivity index (χ0v) is 13.3. The van der Waals surface area contributed by atoms with Gasteiger partial charge in [0.25, 0.3) is 0 Å². The summed E-state index contributed by atoms with van der Waals surface area (Å²) in [6.45, 7) is 1.65. The Labute approximate surface area is 142 Å². The monoisotopic (exact) mass is 348 g/mol. The highest BCUT2D eigenvalue weighted by atomic mass is 19.4. The molecule has 1 aromatic rings. The zero-order valence-electron chi connectivity index (χ0n) is 13.3. The topological polar surface area (TPSA) is 41.9 Å². The van der Waals surface area contributed by atoms with E-state index < -0.39 is 17.7 Å². The van der Waals surface area contributed by atoms with Gasteiger partial charge in [0.15, 0.2) is 0 Å². The van der Waals surface area contributed by atoms with Gasteiger partial charge < -0.3 is 4.74 Å². The predicted octanol–water partition coefficient (Wildman–Crippen LogP) is 3.69. The number of rotatable bonds is 3. The van der Waals surface area contributed by atoms with Gasteiger partial charge >= 0.3 is 12.1 Å². The van der Waals surface area contributed by atoms with Gasteiger partial charge in [-0.1, -0.05) is 36.4 Å². The summed E-state index contributed by atoms with van der Waals surface area (Å²) in [6, 6.07) is 7.31. The Hall–Kier alpha value is -2.83. The van der Waals surface area contributed by atoms with E-state index in [0.717, 1.165) is 6.08 Å². The highest BCUT2D eigenvalue weighted by Crippen LogP contribution is 2.47. The molecular formula is C18H15F3N2O2. The van der Waals surface area contributed by atoms with Crippen LogP contribution in [-0.2, 0) is 15.1 Å². The van der Waals surface area contributed by atoms with E-state index >= 15 is 0 Å². The number of ether oxygens (including phenoxy) is 1. The number of allylic oxidation sites excluding steroid dienone is 2. The number of amidine groups is 1. The Morgan fingerprint density at radius 1 is 1.24 bits per heavy atom. The van der Waals surface area contributed by atoms with Crippen molar-refractivity contribution in [1.29, 1.82) is 0 Å². The smallest absolute Gasteiger partial charge is 0.421 e. The molecule has 1 unspecified atom stereocenters. The second-order valence-electron chi connectivity index (χ2n) is 5.42. The summed E-state index contributed by atoms with van der Waals surface area (Å²) in [4.78, 5) is 17.5. The Morgan fingerprint density at radius 3 is 2.60 bits per heavy atom. The Bertz CT molecular complexity index is 794. The first-order valence-corrected chi connectivity index (χ1v) is 7.65. The first-order valence-electron chi connectivity index (χ1n) is 7.65. The summed E-state index contributed by atoms with van der Waals surface area (Å²) in [7, 11) is 0. The number of nitrogens with zero attached hydrogens (tertiary/aromatic N) is 2. The van der Waals surface area contributed by atoms with Crippen molar-refractivity contribution in [2.45, 2.75) is 18.6 Å². The second-order valence-corrected chi connectivity index (χ2v) is 5.42. The van der Waals surface area contributed by atoms with E-state index in [1.54, 1.807) is 25.1 Å². The van der Waals surface area contributed by atoms with Gasteiger partial charge in [-0.25, -0.2) is 9.79 Å². The maximum absolute atomic E-state index is 14.1. The molecule has 1 atom stereocenters. The molecule has 2 heterocycles. The van der Waals surface area contributed by atoms with Crippen molar-refractivity contribution in [3.63, 3.8) is 0 Å². The average molecular weight is 348 g/mol. The first kappa shape index (κ1) is 17.0. The van der Waals surface area contributed by atoms with E-state index in [9.17, 15) is 18.0 Å². The summed E-state index contributed by atoms with van der Waals surface area (Å²) in [5, 5.41) is 0. The van der Waals surface area contributed by atoms with Gasteiger partial charge in [-0.05, 0) is 30.7 Å². The van der Waals surface area contributed by atoms with Crippen LogP contribution < -0.4 is 0 Å². The summed E-state index contributed by atoms with van der Waals surface area (Å²) >= 11 is 0. The minimum absolute atomic E-state index is 0.0224. The number of halogens is 3. The molecule has 0 N–H and O–H groups in total. The minimum Gasteiger partial charge on any atom is -0.461 e. The maximum atomic E-state index is 14.1. The van der Waals surface area contributed by atoms with Crippen molar-refractivity contribution in [3.8, 4) is 0 Å². The lowest BCUT2D eigenvalue weighted by Crippen LogP contribution is -2.46. The fourth-order valence-corrected chi connectivity index (χ4v) is 2.72. The summed E-state index contributed by atoms with van der Waals surface area (Å²) < 4.78 is 47.2. The fourth-order valence-electron chi connectivity index (χ4n) is 2.72. The van der Waals surface area contributed by atoms with E-state index in [0.29, 0.717) is 0 Å². The molecule has 7 heteroatoms. The van der Waals surface area contributed by atoms with Crippen LogP contribution in [0.3, 0.4) is 0 Å². The van der Waals surface area contributed by atoms with Crippen LogP contribution in [0.1, 0.15) is 12.5 Å². The molecule has 0 spiro atoms. The van der Waals surface area contributed by atoms with Crippen molar-refractivity contribution < 1.29 is 22.7 Å². The lowest BCUT2D eigenvalue weighted by atomic mass is 9.87. The van der Waals surface area contributed by atoms with Gasteiger partial charge in [0, 0.05) is 6.20 Å². The first-order chi connectivity index (χ1) is 11.9. The fraction of sp³-hybridized carbons (Fsp3) is 0.222. The third-order valence-electron chi connectivity index (χ3n) is 3.87. The van der Waals surface area contributed by atoms with Gasteiger partial charge in [-0.2, -0.15) is 13.2 Å². The summed E-state index contributed by atoms with van der Waals surface area (Å²) in [5.74, 6) is -0.811. The van der Waals surface area contributed by atoms with Crippen LogP contribution in [0.4, 0.5) is 13.2 Å². The maximum Gasteiger partial charge on any atom is 0.421 e. The van der Waals surface area contributed by atoms with Crippen LogP contribution in [0.2, 0.25) is 0 Å². The van der Waals surface area contributed by atoms with Crippen molar-refractivity contribution >= 4 is 11.8 Å². The molecule has 3 rings (SSSR count). The SMILES string of the molecule is CCOC(=O)C1=CC(c2ccccc2)(C(F)(F)F)N=C2C=CC=CN12. The minimum atomic E-state index is -4.74. The number of hydrogen-bond acceptors (Lipinski definition) is 4. The molecule has 0 aliphatic carbocycles. The number of aliphatic imine (C=N–C) groups is 1. The van der Waals surface area contributed by atoms with Crippen LogP contribution in [-0.4, -0.2) is 29.5 Å². The van der Waals surface area contributed by atoms with E-state index in [1.807, 2.05) is 0 Å². The van der Waals surface area contributed by atoms with Crippen LogP contribution in [0, 0.1) is 0 Å². The van der Waals surface area contributed by atoms with Crippen LogP contribution in [0.25, 0.3) is 0 Å². The highest BCUT2D eigenvalue weighted by Gasteiger charge is 2.57. The lowest BCUT2D eigenvalue weighted by molar-refractivity contribution is -0.175. The molecular weight excluding hydrogens is 333 g/mol. The summed E-state index contributed by atoms with van der Waals surface area (Å²) in [5.41, 5.74) is -2.94. The van der Waals surface area contributed by atoms with Crippen molar-refractivity contribution in [1.82, 2.24) is 4.90 Å². The number of esters is 1. The van der Waals surface area contributed by atoms with Gasteiger partial charge in [-0.3, -0.25) is 4.90 Å². The molecule has 4 nitrogen and oxygen atoms in total. The Balaban J connectivity index is 2.25. The number of fused-ring (bicyclic) bond motifs is 1. The number of carbonyl (C=O) groups is 1.